The van der Waals surface area contributed by atoms with Crippen molar-refractivity contribution in [3.63, 3.8) is 0 Å². The van der Waals surface area contributed by atoms with E-state index in [0.29, 0.717) is 0 Å². The Bertz CT molecular complexity index is 832. The Balaban J connectivity index is 1.46. The van der Waals surface area contributed by atoms with E-state index in [1.165, 1.54) is 16.3 Å². The van der Waals surface area contributed by atoms with Crippen LogP contribution in [-0.2, 0) is 11.3 Å². The molecule has 5 nitrogen and oxygen atoms in total. The third kappa shape index (κ3) is 3.67. The molecule has 0 N–H and O–H groups in total. The molecule has 0 bridgehead atoms. The average Bonchev–Trinajstić information content (AvgIpc) is 3.19. The van der Waals surface area contributed by atoms with Crippen molar-refractivity contribution in [2.75, 3.05) is 33.4 Å². The van der Waals surface area contributed by atoms with Crippen LogP contribution in [0.2, 0.25) is 0 Å². The lowest BCUT2D eigenvalue weighted by atomic mass is 10.0. The smallest absolute Gasteiger partial charge is 0.119 e. The monoisotopic (exact) mass is 337 g/mol. The fraction of sp³-hybridized carbons (Fsp3) is 0.350. The van der Waals surface area contributed by atoms with Crippen LogP contribution in [0, 0.1) is 0 Å². The number of fused-ring (bicyclic) bond motifs is 1. The van der Waals surface area contributed by atoms with E-state index in [-0.39, 0.29) is 6.10 Å². The van der Waals surface area contributed by atoms with Crippen molar-refractivity contribution in [2.24, 2.45) is 0 Å². The summed E-state index contributed by atoms with van der Waals surface area (Å²) < 4.78 is 13.3. The van der Waals surface area contributed by atoms with Gasteiger partial charge in [-0.2, -0.15) is 5.10 Å². The summed E-state index contributed by atoms with van der Waals surface area (Å²) in [6.07, 6.45) is 3.96. The lowest BCUT2D eigenvalue weighted by Crippen LogP contribution is -2.40. The normalized spacial score (nSPS) is 18.5. The van der Waals surface area contributed by atoms with E-state index >= 15 is 0 Å². The van der Waals surface area contributed by atoms with E-state index < -0.39 is 0 Å². The highest BCUT2D eigenvalue weighted by Crippen LogP contribution is 2.27. The first kappa shape index (κ1) is 16.1. The molecule has 130 valence electrons. The number of benzene rings is 2. The van der Waals surface area contributed by atoms with Crippen molar-refractivity contribution in [3.8, 4) is 5.75 Å². The topological polar surface area (TPSA) is 39.5 Å². The Morgan fingerprint density at radius 2 is 2.04 bits per heavy atom. The minimum absolute atomic E-state index is 0.123. The zero-order chi connectivity index (χ0) is 17.1. The van der Waals surface area contributed by atoms with Crippen molar-refractivity contribution >= 4 is 10.8 Å². The molecular formula is C20H23N3O2. The first-order chi connectivity index (χ1) is 12.3. The summed E-state index contributed by atoms with van der Waals surface area (Å²) >= 11 is 0. The highest BCUT2D eigenvalue weighted by Gasteiger charge is 2.22. The Hall–Kier alpha value is -2.37. The highest BCUT2D eigenvalue weighted by molar-refractivity contribution is 5.84. The van der Waals surface area contributed by atoms with Gasteiger partial charge in [0.25, 0.3) is 0 Å². The van der Waals surface area contributed by atoms with Gasteiger partial charge in [-0.3, -0.25) is 9.58 Å². The van der Waals surface area contributed by atoms with Gasteiger partial charge in [0.2, 0.25) is 0 Å². The summed E-state index contributed by atoms with van der Waals surface area (Å²) in [6, 6.07) is 14.7. The molecule has 1 fully saturated rings. The summed E-state index contributed by atoms with van der Waals surface area (Å²) in [7, 11) is 1.70. The maximum Gasteiger partial charge on any atom is 0.119 e. The van der Waals surface area contributed by atoms with Crippen LogP contribution >= 0.6 is 0 Å². The van der Waals surface area contributed by atoms with Gasteiger partial charge in [-0.05, 0) is 40.6 Å². The third-order valence-electron chi connectivity index (χ3n) is 4.80. The second-order valence-electron chi connectivity index (χ2n) is 6.40. The van der Waals surface area contributed by atoms with Gasteiger partial charge >= 0.3 is 0 Å². The summed E-state index contributed by atoms with van der Waals surface area (Å²) in [5, 5.41) is 6.68. The summed E-state index contributed by atoms with van der Waals surface area (Å²) in [6.45, 7) is 4.57. The second-order valence-corrected chi connectivity index (χ2v) is 6.40. The molecular weight excluding hydrogens is 314 g/mol. The van der Waals surface area contributed by atoms with Gasteiger partial charge in [-0.15, -0.1) is 0 Å². The van der Waals surface area contributed by atoms with Crippen LogP contribution in [0.25, 0.3) is 10.8 Å². The zero-order valence-corrected chi connectivity index (χ0v) is 14.5. The summed E-state index contributed by atoms with van der Waals surface area (Å²) in [5.41, 5.74) is 1.24. The number of aromatic nitrogens is 2. The van der Waals surface area contributed by atoms with Crippen molar-refractivity contribution in [1.82, 2.24) is 14.7 Å². The number of hydrogen-bond acceptors (Lipinski definition) is 4. The molecule has 4 rings (SSSR count). The molecule has 0 amide bonds. The van der Waals surface area contributed by atoms with Gasteiger partial charge < -0.3 is 9.47 Å². The first-order valence-corrected chi connectivity index (χ1v) is 8.71. The lowest BCUT2D eigenvalue weighted by Gasteiger charge is -2.33. The highest BCUT2D eigenvalue weighted by atomic mass is 16.5. The molecule has 2 aromatic carbocycles. The molecule has 0 saturated carbocycles. The maximum atomic E-state index is 6.04. The molecule has 1 aliphatic rings. The number of nitrogens with zero attached hydrogens (tertiary/aromatic N) is 3. The van der Waals surface area contributed by atoms with Gasteiger partial charge in [0.05, 0.1) is 26.4 Å². The second kappa shape index (κ2) is 7.25. The van der Waals surface area contributed by atoms with Crippen LogP contribution in [0.15, 0.2) is 54.9 Å². The van der Waals surface area contributed by atoms with Crippen LogP contribution in [0.3, 0.4) is 0 Å². The van der Waals surface area contributed by atoms with E-state index in [0.717, 1.165) is 38.5 Å². The van der Waals surface area contributed by atoms with E-state index in [9.17, 15) is 0 Å². The van der Waals surface area contributed by atoms with Crippen LogP contribution in [-0.4, -0.2) is 48.0 Å². The van der Waals surface area contributed by atoms with Crippen molar-refractivity contribution < 1.29 is 9.47 Å². The van der Waals surface area contributed by atoms with E-state index in [1.54, 1.807) is 7.11 Å². The SMILES string of the molecule is COc1ccc2cc([C@@H]3CN(CCn4cccn4)CCO3)ccc2c1. The molecule has 5 heteroatoms. The Labute approximate surface area is 147 Å². The predicted molar refractivity (Wildman–Crippen MR) is 97.9 cm³/mol. The number of morpholine rings is 1. The van der Waals surface area contributed by atoms with Crippen molar-refractivity contribution in [1.29, 1.82) is 0 Å². The molecule has 0 radical (unpaired) electrons. The molecule has 1 aromatic heterocycles. The molecule has 2 heterocycles. The van der Waals surface area contributed by atoms with Gasteiger partial charge in [0, 0.05) is 32.0 Å². The largest absolute Gasteiger partial charge is 0.497 e. The molecule has 1 atom stereocenters. The van der Waals surface area contributed by atoms with E-state index in [4.69, 9.17) is 9.47 Å². The number of methoxy groups -OCH3 is 1. The van der Waals surface area contributed by atoms with Crippen LogP contribution in [0.1, 0.15) is 11.7 Å². The Morgan fingerprint density at radius 1 is 1.16 bits per heavy atom. The molecule has 0 unspecified atom stereocenters. The molecule has 25 heavy (non-hydrogen) atoms. The van der Waals surface area contributed by atoms with Crippen molar-refractivity contribution in [2.45, 2.75) is 12.6 Å². The van der Waals surface area contributed by atoms with Crippen molar-refractivity contribution in [3.05, 3.63) is 60.4 Å². The lowest BCUT2D eigenvalue weighted by molar-refractivity contribution is -0.0310. The first-order valence-electron chi connectivity index (χ1n) is 8.71. The van der Waals surface area contributed by atoms with Gasteiger partial charge in [0.1, 0.15) is 5.75 Å². The summed E-state index contributed by atoms with van der Waals surface area (Å²) in [4.78, 5) is 2.45. The zero-order valence-electron chi connectivity index (χ0n) is 14.5. The molecule has 0 spiro atoms. The van der Waals surface area contributed by atoms with Crippen LogP contribution < -0.4 is 4.74 Å². The minimum Gasteiger partial charge on any atom is -0.497 e. The maximum absolute atomic E-state index is 6.04. The third-order valence-corrected chi connectivity index (χ3v) is 4.80. The minimum atomic E-state index is 0.123. The predicted octanol–water partition coefficient (Wildman–Crippen LogP) is 3.12. The van der Waals surface area contributed by atoms with Crippen LogP contribution in [0.4, 0.5) is 0 Å². The van der Waals surface area contributed by atoms with Gasteiger partial charge in [-0.25, -0.2) is 0 Å². The summed E-state index contributed by atoms with van der Waals surface area (Å²) in [5.74, 6) is 0.888. The Morgan fingerprint density at radius 3 is 2.88 bits per heavy atom. The fourth-order valence-corrected chi connectivity index (χ4v) is 3.35. The van der Waals surface area contributed by atoms with Gasteiger partial charge in [-0.1, -0.05) is 18.2 Å². The fourth-order valence-electron chi connectivity index (χ4n) is 3.35. The van der Waals surface area contributed by atoms with Crippen LogP contribution in [0.5, 0.6) is 5.75 Å². The molecule has 1 aliphatic heterocycles. The van der Waals surface area contributed by atoms with E-state index in [1.807, 2.05) is 29.2 Å². The molecule has 3 aromatic rings. The average molecular weight is 337 g/mol. The number of hydrogen-bond donors (Lipinski definition) is 0. The quantitative estimate of drug-likeness (QED) is 0.717. The van der Waals surface area contributed by atoms with Gasteiger partial charge in [0.15, 0.2) is 0 Å². The number of rotatable bonds is 5. The Kier molecular flexibility index (Phi) is 4.68. The van der Waals surface area contributed by atoms with E-state index in [2.05, 4.69) is 40.3 Å². The molecule has 1 saturated heterocycles. The standard InChI is InChI=1S/C20H23N3O2/c1-24-19-6-5-16-13-18(4-3-17(16)14-19)20-15-22(11-12-25-20)9-10-23-8-2-7-21-23/h2-8,13-14,20H,9-12,15H2,1H3/t20-/m0/s1. The molecule has 0 aliphatic carbocycles. The number of ether oxygens (including phenoxy) is 2.